The van der Waals surface area contributed by atoms with Gasteiger partial charge in [-0.3, -0.25) is 4.79 Å². The number of amides is 1. The van der Waals surface area contributed by atoms with E-state index in [1.54, 1.807) is 12.1 Å². The Labute approximate surface area is 129 Å². The summed E-state index contributed by atoms with van der Waals surface area (Å²) in [6, 6.07) is 6.33. The van der Waals surface area contributed by atoms with Gasteiger partial charge < -0.3 is 10.4 Å². The van der Waals surface area contributed by atoms with Crippen LogP contribution in [0.4, 0.5) is 4.39 Å². The lowest BCUT2D eigenvalue weighted by Crippen LogP contribution is -2.37. The van der Waals surface area contributed by atoms with Crippen molar-refractivity contribution in [1.29, 1.82) is 0 Å². The summed E-state index contributed by atoms with van der Waals surface area (Å²) >= 11 is 1.51. The van der Waals surface area contributed by atoms with Gasteiger partial charge in [-0.15, -0.1) is 11.8 Å². The van der Waals surface area contributed by atoms with E-state index in [1.165, 1.54) is 23.9 Å². The van der Waals surface area contributed by atoms with Crippen LogP contribution in [0.2, 0.25) is 0 Å². The molecule has 0 radical (unpaired) electrons. The number of hydrogen-bond acceptors (Lipinski definition) is 3. The summed E-state index contributed by atoms with van der Waals surface area (Å²) < 4.78 is 12.8. The summed E-state index contributed by atoms with van der Waals surface area (Å²) in [4.78, 5) is 11.8. The zero-order valence-electron chi connectivity index (χ0n) is 12.1. The lowest BCUT2D eigenvalue weighted by Gasteiger charge is -2.27. The van der Waals surface area contributed by atoms with Crippen molar-refractivity contribution in [3.8, 4) is 0 Å². The quantitative estimate of drug-likeness (QED) is 0.849. The molecule has 1 aliphatic rings. The van der Waals surface area contributed by atoms with Gasteiger partial charge in [0.15, 0.2) is 0 Å². The molecule has 2 N–H and O–H groups in total. The van der Waals surface area contributed by atoms with Gasteiger partial charge in [-0.25, -0.2) is 4.39 Å². The molecule has 1 aromatic carbocycles. The first-order valence-corrected chi connectivity index (χ1v) is 8.57. The molecule has 0 spiro atoms. The van der Waals surface area contributed by atoms with Crippen LogP contribution in [0.15, 0.2) is 24.3 Å². The fraction of sp³-hybridized carbons (Fsp3) is 0.562. The molecule has 1 amide bonds. The molecule has 5 heteroatoms. The van der Waals surface area contributed by atoms with Gasteiger partial charge in [-0.1, -0.05) is 25.0 Å². The number of benzene rings is 1. The van der Waals surface area contributed by atoms with Crippen molar-refractivity contribution in [2.75, 3.05) is 12.3 Å². The molecule has 0 aliphatic heterocycles. The summed E-state index contributed by atoms with van der Waals surface area (Å²) in [6.07, 6.45) is 3.78. The largest absolute Gasteiger partial charge is 0.393 e. The molecular weight excluding hydrogens is 289 g/mol. The Morgan fingerprint density at radius 3 is 2.71 bits per heavy atom. The van der Waals surface area contributed by atoms with Crippen LogP contribution >= 0.6 is 11.8 Å². The van der Waals surface area contributed by atoms with Gasteiger partial charge in [-0.05, 0) is 30.5 Å². The van der Waals surface area contributed by atoms with Gasteiger partial charge in [0.2, 0.25) is 5.91 Å². The summed E-state index contributed by atoms with van der Waals surface area (Å²) in [5.74, 6) is 1.04. The van der Waals surface area contributed by atoms with Crippen LogP contribution in [0, 0.1) is 11.7 Å². The van der Waals surface area contributed by atoms with Gasteiger partial charge in [-0.2, -0.15) is 0 Å². The standard InChI is InChI=1S/C16H22FNO2S/c17-14-7-5-12(6-8-14)10-21-11-16(20)18-9-13-3-1-2-4-15(13)19/h5-8,13,15,19H,1-4,9-11H2,(H,18,20). The summed E-state index contributed by atoms with van der Waals surface area (Å²) in [7, 11) is 0. The third kappa shape index (κ3) is 5.67. The number of rotatable bonds is 6. The first kappa shape index (κ1) is 16.3. The number of aliphatic hydroxyl groups excluding tert-OH is 1. The minimum Gasteiger partial charge on any atom is -0.393 e. The highest BCUT2D eigenvalue weighted by Gasteiger charge is 2.23. The minimum atomic E-state index is -0.272. The van der Waals surface area contributed by atoms with Gasteiger partial charge in [0.05, 0.1) is 11.9 Å². The van der Waals surface area contributed by atoms with Crippen LogP contribution in [-0.4, -0.2) is 29.4 Å². The van der Waals surface area contributed by atoms with Crippen molar-refractivity contribution < 1.29 is 14.3 Å². The molecule has 3 nitrogen and oxygen atoms in total. The van der Waals surface area contributed by atoms with Crippen molar-refractivity contribution in [3.05, 3.63) is 35.6 Å². The second kappa shape index (κ2) is 8.39. The predicted octanol–water partition coefficient (Wildman–Crippen LogP) is 2.73. The van der Waals surface area contributed by atoms with Crippen LogP contribution in [-0.2, 0) is 10.5 Å². The molecule has 0 heterocycles. The highest BCUT2D eigenvalue weighted by atomic mass is 32.2. The highest BCUT2D eigenvalue weighted by Crippen LogP contribution is 2.23. The monoisotopic (exact) mass is 311 g/mol. The Morgan fingerprint density at radius 1 is 1.29 bits per heavy atom. The first-order valence-electron chi connectivity index (χ1n) is 7.42. The van der Waals surface area contributed by atoms with E-state index in [1.807, 2.05) is 0 Å². The van der Waals surface area contributed by atoms with Crippen LogP contribution < -0.4 is 5.32 Å². The summed E-state index contributed by atoms with van der Waals surface area (Å²) in [6.45, 7) is 0.567. The van der Waals surface area contributed by atoms with Crippen molar-refractivity contribution in [3.63, 3.8) is 0 Å². The molecule has 1 aromatic rings. The molecule has 2 rings (SSSR count). The Morgan fingerprint density at radius 2 is 2.00 bits per heavy atom. The Kier molecular flexibility index (Phi) is 6.51. The maximum absolute atomic E-state index is 12.8. The van der Waals surface area contributed by atoms with E-state index < -0.39 is 0 Å². The van der Waals surface area contributed by atoms with Crippen LogP contribution in [0.3, 0.4) is 0 Å². The van der Waals surface area contributed by atoms with Crippen molar-refractivity contribution >= 4 is 17.7 Å². The molecular formula is C16H22FNO2S. The van der Waals surface area contributed by atoms with E-state index >= 15 is 0 Å². The maximum atomic E-state index is 12.8. The molecule has 0 saturated heterocycles. The number of hydrogen-bond donors (Lipinski definition) is 2. The molecule has 1 fully saturated rings. The average molecular weight is 311 g/mol. The smallest absolute Gasteiger partial charge is 0.230 e. The van der Waals surface area contributed by atoms with Gasteiger partial charge in [0.1, 0.15) is 5.82 Å². The van der Waals surface area contributed by atoms with E-state index in [2.05, 4.69) is 5.32 Å². The fourth-order valence-electron chi connectivity index (χ4n) is 2.56. The number of thioether (sulfide) groups is 1. The van der Waals surface area contributed by atoms with Gasteiger partial charge in [0.25, 0.3) is 0 Å². The minimum absolute atomic E-state index is 0.000106. The SMILES string of the molecule is O=C(CSCc1ccc(F)cc1)NCC1CCCCC1O. The normalized spacial score (nSPS) is 22.0. The Hall–Kier alpha value is -1.07. The second-order valence-corrected chi connectivity index (χ2v) is 6.52. The second-order valence-electron chi connectivity index (χ2n) is 5.54. The Bertz CT molecular complexity index is 452. The average Bonchev–Trinajstić information content (AvgIpc) is 2.48. The lowest BCUT2D eigenvalue weighted by molar-refractivity contribution is -0.119. The fourth-order valence-corrected chi connectivity index (χ4v) is 3.38. The van der Waals surface area contributed by atoms with Crippen molar-refractivity contribution in [1.82, 2.24) is 5.32 Å². The third-order valence-corrected chi connectivity index (χ3v) is 4.85. The topological polar surface area (TPSA) is 49.3 Å². The van der Waals surface area contributed by atoms with E-state index in [4.69, 9.17) is 0 Å². The molecule has 1 aliphatic carbocycles. The third-order valence-electron chi connectivity index (χ3n) is 3.85. The highest BCUT2D eigenvalue weighted by molar-refractivity contribution is 7.99. The molecule has 2 atom stereocenters. The Balaban J connectivity index is 1.62. The zero-order valence-corrected chi connectivity index (χ0v) is 12.9. The lowest BCUT2D eigenvalue weighted by atomic mass is 9.86. The molecule has 0 aromatic heterocycles. The predicted molar refractivity (Wildman–Crippen MR) is 83.5 cm³/mol. The van der Waals surface area contributed by atoms with Crippen molar-refractivity contribution in [2.24, 2.45) is 5.92 Å². The van der Waals surface area contributed by atoms with E-state index in [9.17, 15) is 14.3 Å². The number of nitrogens with one attached hydrogen (secondary N) is 1. The van der Waals surface area contributed by atoms with Gasteiger partial charge >= 0.3 is 0 Å². The van der Waals surface area contributed by atoms with Crippen LogP contribution in [0.1, 0.15) is 31.2 Å². The summed E-state index contributed by atoms with van der Waals surface area (Å²) in [5, 5.41) is 12.7. The molecule has 116 valence electrons. The molecule has 0 bridgehead atoms. The van der Waals surface area contributed by atoms with E-state index in [-0.39, 0.29) is 23.7 Å². The van der Waals surface area contributed by atoms with Crippen LogP contribution in [0.5, 0.6) is 0 Å². The molecule has 1 saturated carbocycles. The molecule has 21 heavy (non-hydrogen) atoms. The van der Waals surface area contributed by atoms with Gasteiger partial charge in [0, 0.05) is 18.2 Å². The number of carbonyl (C=O) groups excluding carboxylic acids is 1. The summed E-state index contributed by atoms with van der Waals surface area (Å²) in [5.41, 5.74) is 1.01. The van der Waals surface area contributed by atoms with Crippen LogP contribution in [0.25, 0.3) is 0 Å². The zero-order chi connectivity index (χ0) is 15.1. The van der Waals surface area contributed by atoms with E-state index in [0.29, 0.717) is 18.1 Å². The number of carbonyl (C=O) groups is 1. The molecule has 2 unspecified atom stereocenters. The van der Waals surface area contributed by atoms with Crippen molar-refractivity contribution in [2.45, 2.75) is 37.5 Å². The number of halogens is 1. The number of aliphatic hydroxyl groups is 1. The maximum Gasteiger partial charge on any atom is 0.230 e. The van der Waals surface area contributed by atoms with E-state index in [0.717, 1.165) is 31.2 Å². The first-order chi connectivity index (χ1) is 10.1.